The third-order valence-electron chi connectivity index (χ3n) is 4.79. The van der Waals surface area contributed by atoms with Crippen molar-refractivity contribution in [1.29, 1.82) is 0 Å². The number of hydrogen-bond acceptors (Lipinski definition) is 6. The van der Waals surface area contributed by atoms with Gasteiger partial charge in [-0.2, -0.15) is 0 Å². The first-order chi connectivity index (χ1) is 13.5. The van der Waals surface area contributed by atoms with Crippen molar-refractivity contribution < 1.29 is 24.2 Å². The van der Waals surface area contributed by atoms with Crippen LogP contribution in [0.5, 0.6) is 0 Å². The molecule has 0 saturated heterocycles. The number of aromatic nitrogens is 1. The molecule has 2 N–H and O–H groups in total. The summed E-state index contributed by atoms with van der Waals surface area (Å²) in [4.78, 5) is 41.3. The van der Waals surface area contributed by atoms with E-state index in [0.717, 1.165) is 29.7 Å². The van der Waals surface area contributed by atoms with Crippen LogP contribution in [0.15, 0.2) is 30.3 Å². The second-order valence-electron chi connectivity index (χ2n) is 6.61. The zero-order chi connectivity index (χ0) is 20.1. The second kappa shape index (κ2) is 8.97. The van der Waals surface area contributed by atoms with Crippen LogP contribution in [0.4, 0.5) is 5.13 Å². The molecule has 0 aliphatic heterocycles. The van der Waals surface area contributed by atoms with Crippen molar-refractivity contribution in [3.05, 3.63) is 35.2 Å². The lowest BCUT2D eigenvalue weighted by Gasteiger charge is -2.26. The molecule has 0 bridgehead atoms. The van der Waals surface area contributed by atoms with Gasteiger partial charge in [0.2, 0.25) is 5.91 Å². The molecule has 0 radical (unpaired) electrons. The number of benzene rings is 1. The van der Waals surface area contributed by atoms with E-state index in [9.17, 15) is 19.5 Å². The number of thiazole rings is 1. The van der Waals surface area contributed by atoms with Crippen LogP contribution in [0.25, 0.3) is 11.3 Å². The lowest BCUT2D eigenvalue weighted by Crippen LogP contribution is -2.36. The first-order valence-corrected chi connectivity index (χ1v) is 10.1. The number of nitrogens with one attached hydrogen (secondary N) is 1. The standard InChI is InChI=1S/C20H22N2O5S/c1-2-27-19(26)16-15(12-8-4-3-5-9-12)21-20(28-16)22-17(23)13-10-6-7-11-14(13)18(24)25/h3-5,8-9,13-14H,2,6-7,10-11H2,1H3,(H,24,25)(H,21,22,23)/t13-,14+/m0/s1. The van der Waals surface area contributed by atoms with Gasteiger partial charge in [-0.25, -0.2) is 9.78 Å². The van der Waals surface area contributed by atoms with Gasteiger partial charge in [-0.05, 0) is 19.8 Å². The summed E-state index contributed by atoms with van der Waals surface area (Å²) in [6.45, 7) is 1.95. The summed E-state index contributed by atoms with van der Waals surface area (Å²) in [7, 11) is 0. The highest BCUT2D eigenvalue weighted by Gasteiger charge is 2.36. The average molecular weight is 402 g/mol. The predicted octanol–water partition coefficient (Wildman–Crippen LogP) is 3.82. The molecule has 1 aromatic carbocycles. The number of carboxylic acids is 1. The number of nitrogens with zero attached hydrogens (tertiary/aromatic N) is 1. The molecule has 7 nitrogen and oxygen atoms in total. The van der Waals surface area contributed by atoms with E-state index in [-0.39, 0.29) is 17.6 Å². The van der Waals surface area contributed by atoms with Gasteiger partial charge in [-0.3, -0.25) is 9.59 Å². The molecule has 1 saturated carbocycles. The molecule has 148 valence electrons. The Morgan fingerprint density at radius 3 is 2.50 bits per heavy atom. The van der Waals surface area contributed by atoms with Gasteiger partial charge >= 0.3 is 11.9 Å². The average Bonchev–Trinajstić information content (AvgIpc) is 3.12. The summed E-state index contributed by atoms with van der Waals surface area (Å²) in [6, 6.07) is 9.18. The van der Waals surface area contributed by atoms with Crippen LogP contribution in [-0.2, 0) is 14.3 Å². The molecule has 8 heteroatoms. The molecule has 28 heavy (non-hydrogen) atoms. The summed E-state index contributed by atoms with van der Waals surface area (Å²) >= 11 is 1.04. The highest BCUT2D eigenvalue weighted by atomic mass is 32.1. The van der Waals surface area contributed by atoms with Crippen molar-refractivity contribution in [3.8, 4) is 11.3 Å². The summed E-state index contributed by atoms with van der Waals surface area (Å²) in [5, 5.41) is 12.4. The third-order valence-corrected chi connectivity index (χ3v) is 5.74. The molecule has 1 aliphatic carbocycles. The van der Waals surface area contributed by atoms with Crippen LogP contribution < -0.4 is 5.32 Å². The monoisotopic (exact) mass is 402 g/mol. The van der Waals surface area contributed by atoms with E-state index in [2.05, 4.69) is 10.3 Å². The Bertz CT molecular complexity index is 865. The van der Waals surface area contributed by atoms with Gasteiger partial charge in [0, 0.05) is 5.56 Å². The maximum atomic E-state index is 12.7. The van der Waals surface area contributed by atoms with Crippen molar-refractivity contribution in [2.24, 2.45) is 11.8 Å². The quantitative estimate of drug-likeness (QED) is 0.712. The Morgan fingerprint density at radius 1 is 1.18 bits per heavy atom. The molecule has 2 atom stereocenters. The van der Waals surface area contributed by atoms with Crippen LogP contribution in [-0.4, -0.2) is 34.5 Å². The Hall–Kier alpha value is -2.74. The van der Waals surface area contributed by atoms with Crippen molar-refractivity contribution >= 4 is 34.3 Å². The minimum atomic E-state index is -0.948. The zero-order valence-corrected chi connectivity index (χ0v) is 16.3. The molecule has 3 rings (SSSR count). The first-order valence-electron chi connectivity index (χ1n) is 9.28. The van der Waals surface area contributed by atoms with E-state index in [0.29, 0.717) is 23.4 Å². The molecule has 1 aromatic heterocycles. The smallest absolute Gasteiger partial charge is 0.350 e. The normalized spacial score (nSPS) is 19.0. The number of esters is 1. The lowest BCUT2D eigenvalue weighted by atomic mass is 9.79. The van der Waals surface area contributed by atoms with Crippen LogP contribution >= 0.6 is 11.3 Å². The van der Waals surface area contributed by atoms with Crippen LogP contribution in [0.2, 0.25) is 0 Å². The number of carboxylic acid groups (broad SMARTS) is 1. The Morgan fingerprint density at radius 2 is 1.86 bits per heavy atom. The number of aliphatic carboxylic acids is 1. The summed E-state index contributed by atoms with van der Waals surface area (Å²) in [5.74, 6) is -3.10. The molecule has 1 fully saturated rings. The molecule has 1 amide bonds. The van der Waals surface area contributed by atoms with Crippen molar-refractivity contribution in [3.63, 3.8) is 0 Å². The van der Waals surface area contributed by atoms with Gasteiger partial charge in [0.15, 0.2) is 5.13 Å². The number of carbonyl (C=O) groups excluding carboxylic acids is 2. The Kier molecular flexibility index (Phi) is 6.41. The van der Waals surface area contributed by atoms with E-state index >= 15 is 0 Å². The highest BCUT2D eigenvalue weighted by Crippen LogP contribution is 2.34. The molecule has 1 heterocycles. The Balaban J connectivity index is 1.87. The molecular weight excluding hydrogens is 380 g/mol. The number of carbonyl (C=O) groups is 3. The second-order valence-corrected chi connectivity index (χ2v) is 7.61. The number of rotatable bonds is 6. The fraction of sp³-hybridized carbons (Fsp3) is 0.400. The number of anilines is 1. The van der Waals surface area contributed by atoms with Crippen LogP contribution in [0.1, 0.15) is 42.3 Å². The van der Waals surface area contributed by atoms with E-state index in [4.69, 9.17) is 4.74 Å². The predicted molar refractivity (Wildman–Crippen MR) is 105 cm³/mol. The lowest BCUT2D eigenvalue weighted by molar-refractivity contribution is -0.147. The molecular formula is C20H22N2O5S. The first kappa shape index (κ1) is 20.0. The summed E-state index contributed by atoms with van der Waals surface area (Å²) in [6.07, 6.45) is 2.66. The summed E-state index contributed by atoms with van der Waals surface area (Å²) < 4.78 is 5.11. The van der Waals surface area contributed by atoms with E-state index in [1.165, 1.54) is 0 Å². The van der Waals surface area contributed by atoms with Gasteiger partial charge in [0.25, 0.3) is 0 Å². The van der Waals surface area contributed by atoms with Crippen molar-refractivity contribution in [1.82, 2.24) is 4.98 Å². The maximum absolute atomic E-state index is 12.7. The molecule has 2 aromatic rings. The molecule has 0 spiro atoms. The van der Waals surface area contributed by atoms with Crippen LogP contribution in [0.3, 0.4) is 0 Å². The van der Waals surface area contributed by atoms with Gasteiger partial charge in [0.05, 0.1) is 24.1 Å². The van der Waals surface area contributed by atoms with Gasteiger partial charge in [-0.15, -0.1) is 0 Å². The van der Waals surface area contributed by atoms with Crippen molar-refractivity contribution in [2.45, 2.75) is 32.6 Å². The molecule has 0 unspecified atom stereocenters. The largest absolute Gasteiger partial charge is 0.481 e. The van der Waals surface area contributed by atoms with E-state index in [1.807, 2.05) is 30.3 Å². The minimum absolute atomic E-state index is 0.231. The number of hydrogen-bond donors (Lipinski definition) is 2. The van der Waals surface area contributed by atoms with E-state index in [1.54, 1.807) is 6.92 Å². The Labute approximate surface area is 166 Å². The van der Waals surface area contributed by atoms with E-state index < -0.39 is 23.8 Å². The van der Waals surface area contributed by atoms with Gasteiger partial charge < -0.3 is 15.2 Å². The zero-order valence-electron chi connectivity index (χ0n) is 15.5. The fourth-order valence-electron chi connectivity index (χ4n) is 3.44. The maximum Gasteiger partial charge on any atom is 0.350 e. The number of ether oxygens (including phenoxy) is 1. The van der Waals surface area contributed by atoms with Gasteiger partial charge in [0.1, 0.15) is 4.88 Å². The minimum Gasteiger partial charge on any atom is -0.481 e. The number of amides is 1. The van der Waals surface area contributed by atoms with Crippen molar-refractivity contribution in [2.75, 3.05) is 11.9 Å². The fourth-order valence-corrected chi connectivity index (χ4v) is 4.32. The SMILES string of the molecule is CCOC(=O)c1sc(NC(=O)[C@H]2CCCC[C@H]2C(=O)O)nc1-c1ccccc1. The molecule has 1 aliphatic rings. The summed E-state index contributed by atoms with van der Waals surface area (Å²) in [5.41, 5.74) is 1.18. The third kappa shape index (κ3) is 4.39. The van der Waals surface area contributed by atoms with Gasteiger partial charge in [-0.1, -0.05) is 54.5 Å². The highest BCUT2D eigenvalue weighted by molar-refractivity contribution is 7.18. The topological polar surface area (TPSA) is 106 Å². The van der Waals surface area contributed by atoms with Crippen LogP contribution in [0, 0.1) is 11.8 Å².